The van der Waals surface area contributed by atoms with Crippen molar-refractivity contribution in [1.29, 1.82) is 0 Å². The molecule has 228 valence electrons. The molecule has 2 aliphatic heterocycles. The Hall–Kier alpha value is -4.22. The van der Waals surface area contributed by atoms with Gasteiger partial charge in [-0.3, -0.25) is 9.59 Å². The fourth-order valence-corrected chi connectivity index (χ4v) is 5.68. The molecule has 2 fully saturated rings. The molecule has 3 heterocycles. The van der Waals surface area contributed by atoms with Crippen molar-refractivity contribution in [1.82, 2.24) is 20.2 Å². The number of aromatic nitrogens is 2. The second-order valence-electron chi connectivity index (χ2n) is 12.0. The van der Waals surface area contributed by atoms with Gasteiger partial charge in [0.15, 0.2) is 11.5 Å². The standard InChI is InChI=1S/C32H42N8O3/c1-21-26(36-31(42)22-7-9-23(10-8-22)32(2,3)43)6-5-15-40(21)27-20-34-28(29(33)41)30(37-27)35-24-11-13-25(14-12-24)39-18-16-38(4)17-19-39/h7-14,20-21,26,43H,5-6,15-19H2,1-4H3,(H2,33,41)(H,35,37)(H,36,42)/t21-,26-/m1/s1. The number of benzene rings is 2. The Kier molecular flexibility index (Phi) is 8.84. The summed E-state index contributed by atoms with van der Waals surface area (Å²) in [6.07, 6.45) is 3.24. The predicted molar refractivity (Wildman–Crippen MR) is 169 cm³/mol. The van der Waals surface area contributed by atoms with Crippen LogP contribution in [-0.2, 0) is 5.60 Å². The van der Waals surface area contributed by atoms with Crippen LogP contribution >= 0.6 is 0 Å². The highest BCUT2D eigenvalue weighted by Crippen LogP contribution is 2.28. The molecular formula is C32H42N8O3. The summed E-state index contributed by atoms with van der Waals surface area (Å²) in [5, 5.41) is 16.6. The van der Waals surface area contributed by atoms with Crippen molar-refractivity contribution in [2.75, 3.05) is 54.9 Å². The third-order valence-corrected chi connectivity index (χ3v) is 8.44. The van der Waals surface area contributed by atoms with E-state index in [0.717, 1.165) is 62.5 Å². The average molecular weight is 587 g/mol. The van der Waals surface area contributed by atoms with Gasteiger partial charge in [0, 0.05) is 61.7 Å². The van der Waals surface area contributed by atoms with Gasteiger partial charge < -0.3 is 36.2 Å². The molecule has 11 nitrogen and oxygen atoms in total. The van der Waals surface area contributed by atoms with Crippen molar-refractivity contribution in [2.45, 2.75) is 51.3 Å². The first-order chi connectivity index (χ1) is 20.5. The molecule has 0 saturated carbocycles. The molecule has 2 amide bonds. The van der Waals surface area contributed by atoms with Crippen LogP contribution in [0.5, 0.6) is 0 Å². The number of hydrogen-bond acceptors (Lipinski definition) is 9. The number of piperidine rings is 1. The van der Waals surface area contributed by atoms with Crippen LogP contribution in [0.25, 0.3) is 0 Å². The van der Waals surface area contributed by atoms with E-state index in [1.807, 2.05) is 12.1 Å². The number of nitrogens with one attached hydrogen (secondary N) is 2. The second-order valence-corrected chi connectivity index (χ2v) is 12.0. The summed E-state index contributed by atoms with van der Waals surface area (Å²) < 4.78 is 0. The number of hydrogen-bond donors (Lipinski definition) is 4. The lowest BCUT2D eigenvalue weighted by Gasteiger charge is -2.40. The van der Waals surface area contributed by atoms with Crippen molar-refractivity contribution in [3.05, 3.63) is 71.5 Å². The van der Waals surface area contributed by atoms with E-state index in [9.17, 15) is 14.7 Å². The van der Waals surface area contributed by atoms with Crippen molar-refractivity contribution in [2.24, 2.45) is 5.73 Å². The molecule has 5 N–H and O–H groups in total. The maximum absolute atomic E-state index is 13.1. The quantitative estimate of drug-likeness (QED) is 0.314. The Morgan fingerprint density at radius 1 is 1.00 bits per heavy atom. The molecule has 0 bridgehead atoms. The Balaban J connectivity index is 1.29. The highest BCUT2D eigenvalue weighted by Gasteiger charge is 2.31. The molecule has 0 radical (unpaired) electrons. The predicted octanol–water partition coefficient (Wildman–Crippen LogP) is 3.09. The molecule has 3 aromatic rings. The van der Waals surface area contributed by atoms with Gasteiger partial charge in [0.2, 0.25) is 0 Å². The highest BCUT2D eigenvalue weighted by atomic mass is 16.3. The summed E-state index contributed by atoms with van der Waals surface area (Å²) in [7, 11) is 2.14. The van der Waals surface area contributed by atoms with E-state index in [2.05, 4.69) is 56.4 Å². The van der Waals surface area contributed by atoms with Gasteiger partial charge in [-0.2, -0.15) is 0 Å². The third kappa shape index (κ3) is 7.06. The fraction of sp³-hybridized carbons (Fsp3) is 0.438. The van der Waals surface area contributed by atoms with Gasteiger partial charge in [-0.05, 0) is 82.6 Å². The van der Waals surface area contributed by atoms with E-state index < -0.39 is 11.5 Å². The molecule has 2 aromatic carbocycles. The van der Waals surface area contributed by atoms with Crippen molar-refractivity contribution in [3.8, 4) is 0 Å². The fourth-order valence-electron chi connectivity index (χ4n) is 5.68. The normalized spacial score (nSPS) is 19.7. The largest absolute Gasteiger partial charge is 0.386 e. The Bertz CT molecular complexity index is 1430. The average Bonchev–Trinajstić information content (AvgIpc) is 2.98. The van der Waals surface area contributed by atoms with Crippen LogP contribution < -0.4 is 26.2 Å². The van der Waals surface area contributed by atoms with Crippen LogP contribution in [0.1, 0.15) is 60.0 Å². The van der Waals surface area contributed by atoms with E-state index in [4.69, 9.17) is 10.7 Å². The smallest absolute Gasteiger partial charge is 0.271 e. The van der Waals surface area contributed by atoms with Gasteiger partial charge in [-0.25, -0.2) is 9.97 Å². The Labute approximate surface area is 253 Å². The molecule has 2 saturated heterocycles. The second kappa shape index (κ2) is 12.6. The van der Waals surface area contributed by atoms with Crippen LogP contribution in [0.2, 0.25) is 0 Å². The van der Waals surface area contributed by atoms with E-state index in [1.54, 1.807) is 44.3 Å². The number of amides is 2. The molecule has 5 rings (SSSR count). The maximum Gasteiger partial charge on any atom is 0.271 e. The van der Waals surface area contributed by atoms with Gasteiger partial charge in [0.05, 0.1) is 11.8 Å². The zero-order chi connectivity index (χ0) is 30.7. The van der Waals surface area contributed by atoms with Gasteiger partial charge in [0.1, 0.15) is 5.82 Å². The SMILES string of the molecule is C[C@@H]1[C@H](NC(=O)c2ccc(C(C)(C)O)cc2)CCCN1c1cnc(C(N)=O)c(Nc2ccc(N3CCN(C)CC3)cc2)n1. The van der Waals surface area contributed by atoms with Gasteiger partial charge >= 0.3 is 0 Å². The number of nitrogens with two attached hydrogens (primary N) is 1. The zero-order valence-corrected chi connectivity index (χ0v) is 25.4. The number of piperazine rings is 1. The van der Waals surface area contributed by atoms with E-state index in [-0.39, 0.29) is 23.7 Å². The van der Waals surface area contributed by atoms with Crippen LogP contribution in [0.3, 0.4) is 0 Å². The van der Waals surface area contributed by atoms with Gasteiger partial charge in [0.25, 0.3) is 11.8 Å². The number of primary amides is 1. The molecule has 0 unspecified atom stereocenters. The summed E-state index contributed by atoms with van der Waals surface area (Å²) in [4.78, 5) is 41.3. The number of carbonyl (C=O) groups excluding carboxylic acids is 2. The lowest BCUT2D eigenvalue weighted by molar-refractivity contribution is 0.0783. The number of rotatable bonds is 8. The lowest BCUT2D eigenvalue weighted by Crippen LogP contribution is -2.54. The topological polar surface area (TPSA) is 140 Å². The molecule has 43 heavy (non-hydrogen) atoms. The van der Waals surface area contributed by atoms with Crippen LogP contribution in [0, 0.1) is 0 Å². The first-order valence-electron chi connectivity index (χ1n) is 14.9. The number of carbonyl (C=O) groups is 2. The van der Waals surface area contributed by atoms with Crippen molar-refractivity contribution >= 4 is 34.8 Å². The van der Waals surface area contributed by atoms with Crippen LogP contribution in [-0.4, -0.2) is 83.6 Å². The number of anilines is 4. The minimum absolute atomic E-state index is 0.0657. The monoisotopic (exact) mass is 586 g/mol. The van der Waals surface area contributed by atoms with E-state index in [1.165, 1.54) is 0 Å². The first-order valence-corrected chi connectivity index (χ1v) is 14.9. The third-order valence-electron chi connectivity index (χ3n) is 8.44. The van der Waals surface area contributed by atoms with E-state index >= 15 is 0 Å². The van der Waals surface area contributed by atoms with Crippen LogP contribution in [0.4, 0.5) is 23.0 Å². The Morgan fingerprint density at radius 2 is 1.67 bits per heavy atom. The Morgan fingerprint density at radius 3 is 2.30 bits per heavy atom. The minimum Gasteiger partial charge on any atom is -0.386 e. The van der Waals surface area contributed by atoms with E-state index in [0.29, 0.717) is 17.2 Å². The molecule has 1 aromatic heterocycles. The van der Waals surface area contributed by atoms with Crippen molar-refractivity contribution in [3.63, 3.8) is 0 Å². The molecular weight excluding hydrogens is 544 g/mol. The molecule has 11 heteroatoms. The highest BCUT2D eigenvalue weighted by molar-refractivity contribution is 5.96. The summed E-state index contributed by atoms with van der Waals surface area (Å²) in [5.74, 6) is 0.0618. The number of likely N-dealkylation sites (N-methyl/N-ethyl adjacent to an activating group) is 1. The number of nitrogens with zero attached hydrogens (tertiary/aromatic N) is 5. The van der Waals surface area contributed by atoms with Gasteiger partial charge in [-0.1, -0.05) is 12.1 Å². The first kappa shape index (κ1) is 30.2. The van der Waals surface area contributed by atoms with Crippen LogP contribution in [0.15, 0.2) is 54.7 Å². The molecule has 2 atom stereocenters. The molecule has 2 aliphatic rings. The van der Waals surface area contributed by atoms with Gasteiger partial charge in [-0.15, -0.1) is 0 Å². The zero-order valence-electron chi connectivity index (χ0n) is 25.4. The summed E-state index contributed by atoms with van der Waals surface area (Å²) in [6.45, 7) is 10.2. The maximum atomic E-state index is 13.1. The molecule has 0 aliphatic carbocycles. The number of aliphatic hydroxyl groups is 1. The summed E-state index contributed by atoms with van der Waals surface area (Å²) >= 11 is 0. The lowest BCUT2D eigenvalue weighted by atomic mass is 9.95. The summed E-state index contributed by atoms with van der Waals surface area (Å²) in [6, 6.07) is 14.9. The summed E-state index contributed by atoms with van der Waals surface area (Å²) in [5.41, 5.74) is 7.96. The molecule has 0 spiro atoms. The van der Waals surface area contributed by atoms with Crippen molar-refractivity contribution < 1.29 is 14.7 Å². The minimum atomic E-state index is -0.972.